The van der Waals surface area contributed by atoms with Gasteiger partial charge < -0.3 is 10.1 Å². The Morgan fingerprint density at radius 1 is 1.16 bits per heavy atom. The highest BCUT2D eigenvalue weighted by Crippen LogP contribution is 2.25. The van der Waals surface area contributed by atoms with Crippen LogP contribution < -0.4 is 15.4 Å². The fourth-order valence-corrected chi connectivity index (χ4v) is 3.29. The Morgan fingerprint density at radius 2 is 1.80 bits per heavy atom. The Morgan fingerprint density at radius 3 is 2.40 bits per heavy atom. The summed E-state index contributed by atoms with van der Waals surface area (Å²) in [7, 11) is 0. The maximum atomic E-state index is 12.4. The van der Waals surface area contributed by atoms with Crippen molar-refractivity contribution in [2.24, 2.45) is 0 Å². The Labute approximate surface area is 162 Å². The average molecular weight is 421 g/mol. The molecule has 0 atom stereocenters. The number of benzene rings is 2. The van der Waals surface area contributed by atoms with Crippen LogP contribution in [0.4, 0.5) is 5.69 Å². The maximum absolute atomic E-state index is 12.4. The van der Waals surface area contributed by atoms with Crippen LogP contribution in [-0.4, -0.2) is 17.1 Å². The lowest BCUT2D eigenvalue weighted by atomic mass is 10.1. The van der Waals surface area contributed by atoms with Gasteiger partial charge in [-0.2, -0.15) is 0 Å². The normalized spacial score (nSPS) is 10.5. The second-order valence-corrected chi connectivity index (χ2v) is 7.34. The van der Waals surface area contributed by atoms with Crippen LogP contribution in [0.5, 0.6) is 5.75 Å². The van der Waals surface area contributed by atoms with Gasteiger partial charge >= 0.3 is 0 Å². The molecule has 0 unspecified atom stereocenters. The van der Waals surface area contributed by atoms with Gasteiger partial charge in [-0.3, -0.25) is 10.1 Å². The van der Waals surface area contributed by atoms with Crippen LogP contribution in [0, 0.1) is 13.8 Å². The predicted molar refractivity (Wildman–Crippen MR) is 110 cm³/mol. The molecule has 0 aromatic heterocycles. The number of ether oxygens (including phenoxy) is 1. The van der Waals surface area contributed by atoms with Gasteiger partial charge in [0.15, 0.2) is 5.11 Å². The van der Waals surface area contributed by atoms with Crippen molar-refractivity contribution in [3.8, 4) is 5.75 Å². The summed E-state index contributed by atoms with van der Waals surface area (Å²) in [6, 6.07) is 11.0. The fraction of sp³-hybridized carbons (Fsp3) is 0.263. The lowest BCUT2D eigenvalue weighted by Gasteiger charge is -2.15. The van der Waals surface area contributed by atoms with E-state index < -0.39 is 0 Å². The van der Waals surface area contributed by atoms with E-state index in [1.807, 2.05) is 45.9 Å². The average Bonchev–Trinajstić information content (AvgIpc) is 2.50. The van der Waals surface area contributed by atoms with Gasteiger partial charge in [-0.15, -0.1) is 0 Å². The monoisotopic (exact) mass is 420 g/mol. The molecule has 2 aromatic rings. The molecule has 2 rings (SSSR count). The molecule has 2 aromatic carbocycles. The summed E-state index contributed by atoms with van der Waals surface area (Å²) in [5, 5.41) is 6.07. The van der Waals surface area contributed by atoms with Crippen molar-refractivity contribution in [1.29, 1.82) is 0 Å². The Balaban J connectivity index is 2.07. The van der Waals surface area contributed by atoms with Crippen LogP contribution >= 0.6 is 28.1 Å². The van der Waals surface area contributed by atoms with E-state index in [1.54, 1.807) is 18.2 Å². The molecule has 0 heterocycles. The van der Waals surface area contributed by atoms with E-state index in [-0.39, 0.29) is 17.1 Å². The van der Waals surface area contributed by atoms with Crippen molar-refractivity contribution in [3.63, 3.8) is 0 Å². The van der Waals surface area contributed by atoms with Gasteiger partial charge in [-0.1, -0.05) is 22.0 Å². The molecule has 0 radical (unpaired) electrons. The molecule has 0 fully saturated rings. The summed E-state index contributed by atoms with van der Waals surface area (Å²) >= 11 is 8.75. The molecule has 1 amide bonds. The summed E-state index contributed by atoms with van der Waals surface area (Å²) in [6.07, 6.45) is 0.0457. The lowest BCUT2D eigenvalue weighted by molar-refractivity contribution is 0.0977. The van der Waals surface area contributed by atoms with Gasteiger partial charge in [0.05, 0.1) is 6.10 Å². The zero-order valence-corrected chi connectivity index (χ0v) is 17.0. The molecule has 4 nitrogen and oxygen atoms in total. The van der Waals surface area contributed by atoms with Gasteiger partial charge in [-0.25, -0.2) is 0 Å². The minimum Gasteiger partial charge on any atom is -0.491 e. The third kappa shape index (κ3) is 5.54. The highest BCUT2D eigenvalue weighted by Gasteiger charge is 2.11. The quantitative estimate of drug-likeness (QED) is 0.684. The third-order valence-corrected chi connectivity index (χ3v) is 4.09. The number of halogens is 1. The Hall–Kier alpha value is -1.92. The largest absolute Gasteiger partial charge is 0.491 e. The number of nitrogens with one attached hydrogen (secondary N) is 2. The van der Waals surface area contributed by atoms with Gasteiger partial charge in [0.1, 0.15) is 5.75 Å². The SMILES string of the molecule is Cc1cc(Br)cc(C)c1NC(=S)NC(=O)c1cccc(OC(C)C)c1. The Bertz CT molecular complexity index is 783. The third-order valence-electron chi connectivity index (χ3n) is 3.43. The van der Waals surface area contributed by atoms with Crippen LogP contribution in [0.25, 0.3) is 0 Å². The highest BCUT2D eigenvalue weighted by atomic mass is 79.9. The first-order valence-electron chi connectivity index (χ1n) is 7.92. The predicted octanol–water partition coefficient (Wildman–Crippen LogP) is 4.98. The molecule has 0 saturated carbocycles. The summed E-state index contributed by atoms with van der Waals surface area (Å²) in [6.45, 7) is 7.85. The lowest BCUT2D eigenvalue weighted by Crippen LogP contribution is -2.34. The summed E-state index contributed by atoms with van der Waals surface area (Å²) in [5.74, 6) is 0.375. The first-order valence-corrected chi connectivity index (χ1v) is 9.12. The van der Waals surface area contributed by atoms with E-state index >= 15 is 0 Å². The number of thiocarbonyl (C=S) groups is 1. The molecular formula is C19H21BrN2O2S. The number of anilines is 1. The number of hydrogen-bond acceptors (Lipinski definition) is 3. The highest BCUT2D eigenvalue weighted by molar-refractivity contribution is 9.10. The zero-order valence-electron chi connectivity index (χ0n) is 14.6. The van der Waals surface area contributed by atoms with Crippen LogP contribution in [0.2, 0.25) is 0 Å². The van der Waals surface area contributed by atoms with Gasteiger partial charge in [0.25, 0.3) is 5.91 Å². The van der Waals surface area contributed by atoms with Crippen molar-refractivity contribution >= 4 is 44.9 Å². The van der Waals surface area contributed by atoms with E-state index in [0.717, 1.165) is 21.3 Å². The van der Waals surface area contributed by atoms with E-state index in [0.29, 0.717) is 11.3 Å². The molecule has 2 N–H and O–H groups in total. The first kappa shape index (κ1) is 19.4. The van der Waals surface area contributed by atoms with E-state index in [1.165, 1.54) is 0 Å². The van der Waals surface area contributed by atoms with Crippen LogP contribution in [-0.2, 0) is 0 Å². The van der Waals surface area contributed by atoms with Crippen molar-refractivity contribution < 1.29 is 9.53 Å². The number of rotatable bonds is 4. The van der Waals surface area contributed by atoms with Crippen molar-refractivity contribution in [3.05, 3.63) is 57.6 Å². The number of amides is 1. The number of hydrogen-bond donors (Lipinski definition) is 2. The first-order chi connectivity index (χ1) is 11.8. The van der Waals surface area contributed by atoms with E-state index in [2.05, 4.69) is 26.6 Å². The van der Waals surface area contributed by atoms with Gasteiger partial charge in [0, 0.05) is 15.7 Å². The van der Waals surface area contributed by atoms with Gasteiger partial charge in [0.2, 0.25) is 0 Å². The molecule has 0 spiro atoms. The van der Waals surface area contributed by atoms with Crippen molar-refractivity contribution in [2.75, 3.05) is 5.32 Å². The molecular weight excluding hydrogens is 400 g/mol. The Kier molecular flexibility index (Phi) is 6.56. The van der Waals surface area contributed by atoms with Crippen LogP contribution in [0.15, 0.2) is 40.9 Å². The molecule has 0 aliphatic heterocycles. The molecule has 0 aliphatic carbocycles. The van der Waals surface area contributed by atoms with Crippen LogP contribution in [0.3, 0.4) is 0 Å². The zero-order chi connectivity index (χ0) is 18.6. The summed E-state index contributed by atoms with van der Waals surface area (Å²) in [4.78, 5) is 12.4. The minimum atomic E-state index is -0.279. The van der Waals surface area contributed by atoms with Crippen molar-refractivity contribution in [1.82, 2.24) is 5.32 Å². The second-order valence-electron chi connectivity index (χ2n) is 6.02. The van der Waals surface area contributed by atoms with Crippen molar-refractivity contribution in [2.45, 2.75) is 33.8 Å². The number of aryl methyl sites for hydroxylation is 2. The maximum Gasteiger partial charge on any atom is 0.257 e. The summed E-state index contributed by atoms with van der Waals surface area (Å²) < 4.78 is 6.62. The molecule has 6 heteroatoms. The second kappa shape index (κ2) is 8.45. The molecule has 0 bridgehead atoms. The molecule has 25 heavy (non-hydrogen) atoms. The van der Waals surface area contributed by atoms with E-state index in [4.69, 9.17) is 17.0 Å². The topological polar surface area (TPSA) is 50.4 Å². The molecule has 0 saturated heterocycles. The van der Waals surface area contributed by atoms with E-state index in [9.17, 15) is 4.79 Å². The van der Waals surface area contributed by atoms with Gasteiger partial charge in [-0.05, 0) is 81.4 Å². The number of carbonyl (C=O) groups excluding carboxylic acids is 1. The van der Waals surface area contributed by atoms with Crippen LogP contribution in [0.1, 0.15) is 35.3 Å². The summed E-state index contributed by atoms with van der Waals surface area (Å²) in [5.41, 5.74) is 3.46. The molecule has 0 aliphatic rings. The number of carbonyl (C=O) groups is 1. The minimum absolute atomic E-state index is 0.0457. The standard InChI is InChI=1S/C19H21BrN2O2S/c1-11(2)24-16-7-5-6-14(10-16)18(23)22-19(25)21-17-12(3)8-15(20)9-13(17)4/h5-11H,1-4H3,(H2,21,22,23,25). The smallest absolute Gasteiger partial charge is 0.257 e. The fourth-order valence-electron chi connectivity index (χ4n) is 2.41. The molecule has 132 valence electrons.